The molecule has 28 heavy (non-hydrogen) atoms. The number of ether oxygens (including phenoxy) is 1. The van der Waals surface area contributed by atoms with Gasteiger partial charge in [-0.05, 0) is 50.3 Å². The third kappa shape index (κ3) is 3.66. The van der Waals surface area contributed by atoms with Gasteiger partial charge < -0.3 is 14.7 Å². The molecule has 0 spiro atoms. The molecule has 2 unspecified atom stereocenters. The highest BCUT2D eigenvalue weighted by atomic mass is 32.2. The van der Waals surface area contributed by atoms with E-state index in [-0.39, 0.29) is 16.5 Å². The number of nitrogens with zero attached hydrogens (tertiary/aromatic N) is 1. The summed E-state index contributed by atoms with van der Waals surface area (Å²) in [4.78, 5) is 28.0. The Balaban J connectivity index is 2.08. The smallest absolute Gasteiger partial charge is 0.314 e. The van der Waals surface area contributed by atoms with Crippen molar-refractivity contribution in [1.82, 2.24) is 14.3 Å². The van der Waals surface area contributed by atoms with Crippen molar-refractivity contribution in [2.24, 2.45) is 5.92 Å². The number of benzene rings is 1. The van der Waals surface area contributed by atoms with E-state index in [1.54, 1.807) is 0 Å². The zero-order valence-corrected chi connectivity index (χ0v) is 17.4. The molecule has 1 aromatic carbocycles. The normalized spacial score (nSPS) is 23.7. The van der Waals surface area contributed by atoms with Crippen LogP contribution in [0.2, 0.25) is 0 Å². The van der Waals surface area contributed by atoms with Gasteiger partial charge in [0.2, 0.25) is 10.0 Å². The largest absolute Gasteiger partial charge is 0.358 e. The number of hydrogen-bond donors (Lipinski definition) is 2. The average molecular weight is 410 g/mol. The van der Waals surface area contributed by atoms with Gasteiger partial charge in [0.1, 0.15) is 5.72 Å². The molecular weight excluding hydrogens is 382 g/mol. The molecule has 8 nitrogen and oxygen atoms in total. The number of aromatic amines is 2. The molecule has 0 amide bonds. The van der Waals surface area contributed by atoms with E-state index in [0.717, 1.165) is 6.42 Å². The van der Waals surface area contributed by atoms with Crippen LogP contribution in [0.25, 0.3) is 11.0 Å². The Hall–Kier alpha value is -1.97. The molecule has 3 rings (SSSR count). The number of fused-ring (bicyclic) bond motifs is 1. The number of aromatic nitrogens is 2. The van der Waals surface area contributed by atoms with Crippen LogP contribution in [0.1, 0.15) is 47.0 Å². The topological polar surface area (TPSA) is 112 Å². The highest BCUT2D eigenvalue weighted by molar-refractivity contribution is 7.89. The Morgan fingerprint density at radius 3 is 2.46 bits per heavy atom. The Labute approximate surface area is 164 Å². The minimum absolute atomic E-state index is 0.0578. The number of H-pyrrole nitrogens is 2. The van der Waals surface area contributed by atoms with Crippen LogP contribution >= 0.6 is 0 Å². The molecule has 0 aliphatic carbocycles. The fraction of sp³-hybridized carbons (Fsp3) is 0.579. The summed E-state index contributed by atoms with van der Waals surface area (Å²) < 4.78 is 34.5. The van der Waals surface area contributed by atoms with Crippen molar-refractivity contribution < 1.29 is 13.2 Å². The van der Waals surface area contributed by atoms with E-state index in [4.69, 9.17) is 4.74 Å². The zero-order valence-electron chi connectivity index (χ0n) is 16.6. The molecule has 1 aliphatic heterocycles. The van der Waals surface area contributed by atoms with Crippen LogP contribution in [0.5, 0.6) is 0 Å². The SMILES string of the molecule is CCC1COC(C)(CCC(C)C)N1S(=O)(=O)c1ccc2[nH]c(=O)c(=O)[nH]c2c1. The molecule has 0 bridgehead atoms. The van der Waals surface area contributed by atoms with Gasteiger partial charge in [0.05, 0.1) is 28.6 Å². The molecule has 1 fully saturated rings. The first-order valence-electron chi connectivity index (χ1n) is 9.53. The van der Waals surface area contributed by atoms with Crippen molar-refractivity contribution >= 4 is 21.1 Å². The highest BCUT2D eigenvalue weighted by Crippen LogP contribution is 2.39. The van der Waals surface area contributed by atoms with Crippen molar-refractivity contribution in [3.63, 3.8) is 0 Å². The summed E-state index contributed by atoms with van der Waals surface area (Å²) in [6, 6.07) is 4.06. The van der Waals surface area contributed by atoms with Crippen molar-refractivity contribution in [2.45, 2.75) is 63.6 Å². The average Bonchev–Trinajstić information content (AvgIpc) is 2.98. The number of nitrogens with one attached hydrogen (secondary N) is 2. The Kier molecular flexibility index (Phi) is 5.53. The van der Waals surface area contributed by atoms with Gasteiger partial charge in [-0.3, -0.25) is 9.59 Å². The zero-order chi connectivity index (χ0) is 20.7. The summed E-state index contributed by atoms with van der Waals surface area (Å²) in [5, 5.41) is 0. The first-order chi connectivity index (χ1) is 13.1. The van der Waals surface area contributed by atoms with Crippen molar-refractivity contribution in [2.75, 3.05) is 6.61 Å². The fourth-order valence-corrected chi connectivity index (χ4v) is 5.62. The predicted octanol–water partition coefficient (Wildman–Crippen LogP) is 2.17. The van der Waals surface area contributed by atoms with E-state index in [1.165, 1.54) is 22.5 Å². The predicted molar refractivity (Wildman–Crippen MR) is 107 cm³/mol. The van der Waals surface area contributed by atoms with Crippen LogP contribution in [-0.2, 0) is 14.8 Å². The Morgan fingerprint density at radius 1 is 1.21 bits per heavy atom. The molecule has 2 aromatic rings. The summed E-state index contributed by atoms with van der Waals surface area (Å²) in [6.45, 7) is 8.29. The molecule has 0 saturated carbocycles. The van der Waals surface area contributed by atoms with Gasteiger partial charge in [-0.25, -0.2) is 8.42 Å². The molecule has 2 N–H and O–H groups in total. The van der Waals surface area contributed by atoms with Crippen LogP contribution in [-0.4, -0.2) is 41.1 Å². The third-order valence-electron chi connectivity index (χ3n) is 5.29. The first kappa shape index (κ1) is 20.8. The minimum Gasteiger partial charge on any atom is -0.358 e. The number of sulfonamides is 1. The minimum atomic E-state index is -3.88. The quantitative estimate of drug-likeness (QED) is 0.710. The Morgan fingerprint density at radius 2 is 1.86 bits per heavy atom. The lowest BCUT2D eigenvalue weighted by Crippen LogP contribution is -2.49. The van der Waals surface area contributed by atoms with Gasteiger partial charge in [-0.2, -0.15) is 4.31 Å². The maximum absolute atomic E-state index is 13.5. The van der Waals surface area contributed by atoms with Gasteiger partial charge >= 0.3 is 11.1 Å². The molecule has 1 saturated heterocycles. The van der Waals surface area contributed by atoms with Crippen LogP contribution in [0.4, 0.5) is 0 Å². The lowest BCUT2D eigenvalue weighted by atomic mass is 10.0. The second-order valence-electron chi connectivity index (χ2n) is 7.90. The molecule has 2 atom stereocenters. The van der Waals surface area contributed by atoms with Gasteiger partial charge in [0, 0.05) is 0 Å². The van der Waals surface area contributed by atoms with Crippen LogP contribution in [0, 0.1) is 5.92 Å². The van der Waals surface area contributed by atoms with Gasteiger partial charge in [0.15, 0.2) is 0 Å². The first-order valence-corrected chi connectivity index (χ1v) is 11.0. The monoisotopic (exact) mass is 409 g/mol. The summed E-state index contributed by atoms with van der Waals surface area (Å²) in [5.74, 6) is 0.424. The van der Waals surface area contributed by atoms with E-state index < -0.39 is 26.9 Å². The maximum Gasteiger partial charge on any atom is 0.314 e. The standard InChI is InChI=1S/C19H27N3O5S/c1-5-13-11-27-19(4,9-8-12(2)3)22(13)28(25,26)14-6-7-15-16(10-14)21-18(24)17(23)20-15/h6-7,10,12-13H,5,8-9,11H2,1-4H3,(H,20,23)(H,21,24). The van der Waals surface area contributed by atoms with E-state index in [9.17, 15) is 18.0 Å². The van der Waals surface area contributed by atoms with Crippen molar-refractivity contribution in [1.29, 1.82) is 0 Å². The molecule has 2 heterocycles. The van der Waals surface area contributed by atoms with Crippen LogP contribution in [0.15, 0.2) is 32.7 Å². The van der Waals surface area contributed by atoms with E-state index in [1.807, 2.05) is 13.8 Å². The van der Waals surface area contributed by atoms with E-state index >= 15 is 0 Å². The van der Waals surface area contributed by atoms with Gasteiger partial charge in [-0.15, -0.1) is 0 Å². The van der Waals surface area contributed by atoms with Crippen molar-refractivity contribution in [3.8, 4) is 0 Å². The van der Waals surface area contributed by atoms with Crippen LogP contribution < -0.4 is 11.1 Å². The third-order valence-corrected chi connectivity index (χ3v) is 7.34. The molecule has 1 aromatic heterocycles. The number of rotatable bonds is 6. The second kappa shape index (κ2) is 7.46. The molecule has 9 heteroatoms. The molecule has 1 aliphatic rings. The summed E-state index contributed by atoms with van der Waals surface area (Å²) >= 11 is 0. The van der Waals surface area contributed by atoms with E-state index in [2.05, 4.69) is 23.8 Å². The van der Waals surface area contributed by atoms with Crippen LogP contribution in [0.3, 0.4) is 0 Å². The second-order valence-corrected chi connectivity index (χ2v) is 9.71. The molecule has 154 valence electrons. The highest BCUT2D eigenvalue weighted by Gasteiger charge is 2.50. The fourth-order valence-electron chi connectivity index (χ4n) is 3.63. The molecular formula is C19H27N3O5S. The maximum atomic E-state index is 13.5. The lowest BCUT2D eigenvalue weighted by Gasteiger charge is -2.35. The van der Waals surface area contributed by atoms with Gasteiger partial charge in [-0.1, -0.05) is 20.8 Å². The summed E-state index contributed by atoms with van der Waals surface area (Å²) in [7, 11) is -3.88. The Bertz CT molecular complexity index is 1090. The number of hydrogen-bond acceptors (Lipinski definition) is 5. The van der Waals surface area contributed by atoms with Gasteiger partial charge in [0.25, 0.3) is 0 Å². The lowest BCUT2D eigenvalue weighted by molar-refractivity contribution is -0.0433. The molecule has 0 radical (unpaired) electrons. The van der Waals surface area contributed by atoms with Crippen molar-refractivity contribution in [3.05, 3.63) is 38.9 Å². The summed E-state index contributed by atoms with van der Waals surface area (Å²) in [6.07, 6.45) is 2.07. The van der Waals surface area contributed by atoms with E-state index in [0.29, 0.717) is 30.9 Å². The summed E-state index contributed by atoms with van der Waals surface area (Å²) in [5.41, 5.74) is -1.88.